The molecule has 2 atom stereocenters. The van der Waals surface area contributed by atoms with Crippen molar-refractivity contribution in [2.24, 2.45) is 0 Å². The lowest BCUT2D eigenvalue weighted by Gasteiger charge is -2.23. The van der Waals surface area contributed by atoms with Crippen LogP contribution in [0, 0.1) is 0 Å². The van der Waals surface area contributed by atoms with Gasteiger partial charge in [-0.3, -0.25) is 4.98 Å². The number of hydrogen-bond acceptors (Lipinski definition) is 3. The number of likely N-dealkylation sites (N-methyl/N-ethyl adjacent to an activating group) is 1. The summed E-state index contributed by atoms with van der Waals surface area (Å²) in [4.78, 5) is 4.06. The number of pyridine rings is 1. The number of nitrogens with one attached hydrogen (secondary N) is 1. The molecule has 1 N–H and O–H groups in total. The summed E-state index contributed by atoms with van der Waals surface area (Å²) in [7, 11) is 2.01. The second-order valence-corrected chi connectivity index (χ2v) is 4.67. The summed E-state index contributed by atoms with van der Waals surface area (Å²) in [5.74, 6) is 0.447. The minimum Gasteiger partial charge on any atom is -0.312 e. The standard InChI is InChI=1S/C13H16N2S/c1-10(11-3-6-15-7-4-11)13(14-2)12-5-8-16-9-12/h3-10,13-14H,1-2H3. The highest BCUT2D eigenvalue weighted by Crippen LogP contribution is 2.30. The highest BCUT2D eigenvalue weighted by molar-refractivity contribution is 7.07. The van der Waals surface area contributed by atoms with E-state index in [0.717, 1.165) is 0 Å². The molecule has 2 heterocycles. The third-order valence-electron chi connectivity index (χ3n) is 2.95. The van der Waals surface area contributed by atoms with E-state index in [-0.39, 0.29) is 0 Å². The summed E-state index contributed by atoms with van der Waals surface area (Å²) < 4.78 is 0. The van der Waals surface area contributed by atoms with Gasteiger partial charge in [-0.15, -0.1) is 0 Å². The SMILES string of the molecule is CNC(c1ccsc1)C(C)c1ccncc1. The lowest BCUT2D eigenvalue weighted by atomic mass is 9.90. The minimum absolute atomic E-state index is 0.369. The molecular weight excluding hydrogens is 216 g/mol. The fraction of sp³-hybridized carbons (Fsp3) is 0.308. The summed E-state index contributed by atoms with van der Waals surface area (Å²) in [6, 6.07) is 6.72. The van der Waals surface area contributed by atoms with Gasteiger partial charge in [0.2, 0.25) is 0 Å². The first-order valence-corrected chi connectivity index (χ1v) is 6.36. The van der Waals surface area contributed by atoms with Crippen molar-refractivity contribution >= 4 is 11.3 Å². The van der Waals surface area contributed by atoms with Gasteiger partial charge in [0, 0.05) is 24.4 Å². The number of hydrogen-bond donors (Lipinski definition) is 1. The summed E-state index contributed by atoms with van der Waals surface area (Å²) in [5.41, 5.74) is 2.68. The Hall–Kier alpha value is -1.19. The fourth-order valence-electron chi connectivity index (χ4n) is 2.02. The van der Waals surface area contributed by atoms with Crippen LogP contribution in [0.1, 0.15) is 30.0 Å². The molecule has 2 aromatic rings. The molecule has 2 aromatic heterocycles. The molecule has 2 rings (SSSR count). The van der Waals surface area contributed by atoms with Crippen LogP contribution >= 0.6 is 11.3 Å². The molecule has 0 saturated heterocycles. The van der Waals surface area contributed by atoms with Gasteiger partial charge in [0.1, 0.15) is 0 Å². The largest absolute Gasteiger partial charge is 0.312 e. The van der Waals surface area contributed by atoms with E-state index in [1.54, 1.807) is 11.3 Å². The molecule has 0 aliphatic heterocycles. The van der Waals surface area contributed by atoms with Crippen molar-refractivity contribution < 1.29 is 0 Å². The molecule has 0 amide bonds. The third kappa shape index (κ3) is 2.31. The van der Waals surface area contributed by atoms with Crippen molar-refractivity contribution in [3.8, 4) is 0 Å². The minimum atomic E-state index is 0.369. The molecule has 2 unspecified atom stereocenters. The third-order valence-corrected chi connectivity index (χ3v) is 3.65. The van der Waals surface area contributed by atoms with Gasteiger partial charge in [-0.2, -0.15) is 11.3 Å². The first-order valence-electron chi connectivity index (χ1n) is 5.42. The molecule has 16 heavy (non-hydrogen) atoms. The maximum absolute atomic E-state index is 4.06. The van der Waals surface area contributed by atoms with E-state index in [0.29, 0.717) is 12.0 Å². The Balaban J connectivity index is 2.23. The van der Waals surface area contributed by atoms with Crippen molar-refractivity contribution in [3.63, 3.8) is 0 Å². The quantitative estimate of drug-likeness (QED) is 0.875. The first kappa shape index (κ1) is 11.3. The van der Waals surface area contributed by atoms with Gasteiger partial charge in [0.25, 0.3) is 0 Å². The molecule has 2 nitrogen and oxygen atoms in total. The second-order valence-electron chi connectivity index (χ2n) is 3.89. The Morgan fingerprint density at radius 1 is 1.19 bits per heavy atom. The van der Waals surface area contributed by atoms with E-state index in [4.69, 9.17) is 0 Å². The van der Waals surface area contributed by atoms with Crippen LogP contribution in [0.5, 0.6) is 0 Å². The smallest absolute Gasteiger partial charge is 0.0392 e. The number of aromatic nitrogens is 1. The zero-order chi connectivity index (χ0) is 11.4. The Morgan fingerprint density at radius 2 is 1.94 bits per heavy atom. The zero-order valence-electron chi connectivity index (χ0n) is 9.55. The molecule has 0 radical (unpaired) electrons. The Morgan fingerprint density at radius 3 is 2.50 bits per heavy atom. The van der Waals surface area contributed by atoms with Crippen LogP contribution < -0.4 is 5.32 Å². The van der Waals surface area contributed by atoms with Crippen molar-refractivity contribution in [3.05, 3.63) is 52.5 Å². The molecule has 0 saturated carbocycles. The number of rotatable bonds is 4. The first-order chi connectivity index (χ1) is 7.83. The molecular formula is C13H16N2S. The second kappa shape index (κ2) is 5.23. The lowest BCUT2D eigenvalue weighted by Crippen LogP contribution is -2.21. The summed E-state index contributed by atoms with van der Waals surface area (Å²) in [6.07, 6.45) is 3.71. The van der Waals surface area contributed by atoms with Crippen molar-refractivity contribution in [2.45, 2.75) is 18.9 Å². The van der Waals surface area contributed by atoms with Gasteiger partial charge in [0.15, 0.2) is 0 Å². The molecule has 0 bridgehead atoms. The summed E-state index contributed by atoms with van der Waals surface area (Å²) in [6.45, 7) is 2.24. The predicted molar refractivity (Wildman–Crippen MR) is 68.8 cm³/mol. The Bertz CT molecular complexity index is 411. The zero-order valence-corrected chi connectivity index (χ0v) is 10.4. The van der Waals surface area contributed by atoms with E-state index in [1.807, 2.05) is 19.4 Å². The van der Waals surface area contributed by atoms with E-state index >= 15 is 0 Å². The van der Waals surface area contributed by atoms with Gasteiger partial charge in [-0.1, -0.05) is 6.92 Å². The molecule has 0 aliphatic carbocycles. The molecule has 0 aliphatic rings. The van der Waals surface area contributed by atoms with Crippen LogP contribution in [0.15, 0.2) is 41.4 Å². The maximum Gasteiger partial charge on any atom is 0.0392 e. The predicted octanol–water partition coefficient (Wildman–Crippen LogP) is 3.21. The molecule has 0 spiro atoms. The monoisotopic (exact) mass is 232 g/mol. The van der Waals surface area contributed by atoms with Gasteiger partial charge in [-0.05, 0) is 47.1 Å². The topological polar surface area (TPSA) is 24.9 Å². The lowest BCUT2D eigenvalue weighted by molar-refractivity contribution is 0.509. The molecule has 0 fully saturated rings. The van der Waals surface area contributed by atoms with Crippen LogP contribution in [0.2, 0.25) is 0 Å². The van der Waals surface area contributed by atoms with Crippen LogP contribution in [0.3, 0.4) is 0 Å². The summed E-state index contributed by atoms with van der Waals surface area (Å²) >= 11 is 1.74. The molecule has 0 aromatic carbocycles. The van der Waals surface area contributed by atoms with Crippen molar-refractivity contribution in [2.75, 3.05) is 7.05 Å². The van der Waals surface area contributed by atoms with E-state index in [1.165, 1.54) is 11.1 Å². The molecule has 3 heteroatoms. The van der Waals surface area contributed by atoms with Gasteiger partial charge < -0.3 is 5.32 Å². The summed E-state index contributed by atoms with van der Waals surface area (Å²) in [5, 5.41) is 7.72. The average Bonchev–Trinajstić information content (AvgIpc) is 2.85. The normalized spacial score (nSPS) is 14.6. The van der Waals surface area contributed by atoms with Crippen LogP contribution in [0.4, 0.5) is 0 Å². The van der Waals surface area contributed by atoms with Crippen molar-refractivity contribution in [1.82, 2.24) is 10.3 Å². The highest BCUT2D eigenvalue weighted by Gasteiger charge is 2.19. The van der Waals surface area contributed by atoms with E-state index in [2.05, 4.69) is 46.2 Å². The number of nitrogens with zero attached hydrogens (tertiary/aromatic N) is 1. The van der Waals surface area contributed by atoms with Gasteiger partial charge >= 0.3 is 0 Å². The average molecular weight is 232 g/mol. The Kier molecular flexibility index (Phi) is 3.70. The van der Waals surface area contributed by atoms with Gasteiger partial charge in [0.05, 0.1) is 0 Å². The van der Waals surface area contributed by atoms with E-state index < -0.39 is 0 Å². The maximum atomic E-state index is 4.06. The van der Waals surface area contributed by atoms with Crippen LogP contribution in [-0.2, 0) is 0 Å². The molecule has 84 valence electrons. The number of thiophene rings is 1. The van der Waals surface area contributed by atoms with Gasteiger partial charge in [-0.25, -0.2) is 0 Å². The van der Waals surface area contributed by atoms with E-state index in [9.17, 15) is 0 Å². The Labute approximate surface area is 100 Å². The highest BCUT2D eigenvalue weighted by atomic mass is 32.1. The fourth-order valence-corrected chi connectivity index (χ4v) is 2.71. The van der Waals surface area contributed by atoms with Crippen molar-refractivity contribution in [1.29, 1.82) is 0 Å². The van der Waals surface area contributed by atoms with Crippen LogP contribution in [0.25, 0.3) is 0 Å². The van der Waals surface area contributed by atoms with Crippen LogP contribution in [-0.4, -0.2) is 12.0 Å².